The van der Waals surface area contributed by atoms with Gasteiger partial charge in [0.15, 0.2) is 0 Å². The van der Waals surface area contributed by atoms with Crippen LogP contribution in [0.2, 0.25) is 0 Å². The smallest absolute Gasteiger partial charge is 0.257 e. The molecule has 0 aromatic heterocycles. The Morgan fingerprint density at radius 2 is 2.23 bits per heavy atom. The number of para-hydroxylation sites is 1. The van der Waals surface area contributed by atoms with Crippen LogP contribution >= 0.6 is 0 Å². The molecule has 1 amide bonds. The monoisotopic (exact) mass is 324 g/mol. The van der Waals surface area contributed by atoms with Gasteiger partial charge in [-0.15, -0.1) is 0 Å². The molecule has 0 saturated carbocycles. The minimum absolute atomic E-state index is 0.0912. The molecular weight excluding hydrogens is 304 g/mol. The third kappa shape index (κ3) is 3.86. The molecule has 1 heterocycles. The number of amides is 1. The highest BCUT2D eigenvalue weighted by molar-refractivity contribution is 7.92. The maximum Gasteiger partial charge on any atom is 0.257 e. The van der Waals surface area contributed by atoms with E-state index in [-0.39, 0.29) is 11.8 Å². The van der Waals surface area contributed by atoms with Crippen molar-refractivity contribution in [1.82, 2.24) is 9.62 Å². The summed E-state index contributed by atoms with van der Waals surface area (Å²) in [5.41, 5.74) is 0.525. The van der Waals surface area contributed by atoms with Crippen molar-refractivity contribution in [2.75, 3.05) is 26.7 Å². The van der Waals surface area contributed by atoms with Crippen molar-refractivity contribution in [1.29, 1.82) is 0 Å². The summed E-state index contributed by atoms with van der Waals surface area (Å²) in [7, 11) is -1.89. The number of carbonyl (C=O) groups excluding carboxylic acids is 1. The first-order valence-corrected chi connectivity index (χ1v) is 8.56. The van der Waals surface area contributed by atoms with Crippen molar-refractivity contribution in [3.05, 3.63) is 41.8 Å². The number of likely N-dealkylation sites (tertiary alicyclic amines) is 1. The second-order valence-corrected chi connectivity index (χ2v) is 6.88. The van der Waals surface area contributed by atoms with Crippen LogP contribution in [0.25, 0.3) is 0 Å². The van der Waals surface area contributed by atoms with Gasteiger partial charge in [-0.1, -0.05) is 18.7 Å². The Morgan fingerprint density at radius 3 is 2.91 bits per heavy atom. The van der Waals surface area contributed by atoms with E-state index < -0.39 is 10.0 Å². The molecule has 6 nitrogen and oxygen atoms in total. The number of carbonyl (C=O) groups is 1. The molecule has 0 radical (unpaired) electrons. The first-order valence-electron chi connectivity index (χ1n) is 7.01. The van der Waals surface area contributed by atoms with Crippen molar-refractivity contribution in [3.8, 4) is 5.75 Å². The number of nitrogens with one attached hydrogen (secondary N) is 1. The fraction of sp³-hybridized carbons (Fsp3) is 0.400. The van der Waals surface area contributed by atoms with Gasteiger partial charge in [-0.25, -0.2) is 13.1 Å². The van der Waals surface area contributed by atoms with E-state index in [1.165, 1.54) is 7.11 Å². The zero-order valence-corrected chi connectivity index (χ0v) is 13.3. The lowest BCUT2D eigenvalue weighted by Crippen LogP contribution is -2.32. The molecule has 1 aromatic rings. The van der Waals surface area contributed by atoms with Crippen molar-refractivity contribution in [3.63, 3.8) is 0 Å². The number of sulfonamides is 1. The maximum absolute atomic E-state index is 12.5. The number of methoxy groups -OCH3 is 1. The van der Waals surface area contributed by atoms with Crippen LogP contribution in [0, 0.1) is 5.92 Å². The predicted octanol–water partition coefficient (Wildman–Crippen LogP) is 1.22. The Morgan fingerprint density at radius 1 is 1.50 bits per heavy atom. The SMILES string of the molecule is C=CS(=O)(=O)NCC1CCN(C(=O)c2ccccc2OC)C1. The number of hydrogen-bond acceptors (Lipinski definition) is 4. The average molecular weight is 324 g/mol. The van der Waals surface area contributed by atoms with E-state index in [0.717, 1.165) is 11.8 Å². The van der Waals surface area contributed by atoms with Gasteiger partial charge in [0.25, 0.3) is 5.91 Å². The summed E-state index contributed by atoms with van der Waals surface area (Å²) in [6.07, 6.45) is 0.764. The Kier molecular flexibility index (Phi) is 5.20. The first-order chi connectivity index (χ1) is 10.5. The third-order valence-corrected chi connectivity index (χ3v) is 4.71. The van der Waals surface area contributed by atoms with E-state index in [0.29, 0.717) is 30.9 Å². The summed E-state index contributed by atoms with van der Waals surface area (Å²) >= 11 is 0. The predicted molar refractivity (Wildman–Crippen MR) is 84.1 cm³/mol. The normalized spacial score (nSPS) is 18.2. The fourth-order valence-electron chi connectivity index (χ4n) is 2.47. The molecule has 0 spiro atoms. The number of ether oxygens (including phenoxy) is 1. The van der Waals surface area contributed by atoms with E-state index in [2.05, 4.69) is 11.3 Å². The van der Waals surface area contributed by atoms with Gasteiger partial charge in [-0.2, -0.15) is 0 Å². The Hall–Kier alpha value is -1.86. The standard InChI is InChI=1S/C15H20N2O4S/c1-3-22(19,20)16-10-12-8-9-17(11-12)15(18)13-6-4-5-7-14(13)21-2/h3-7,12,16H,1,8-11H2,2H3. The van der Waals surface area contributed by atoms with Crippen LogP contribution in [0.15, 0.2) is 36.3 Å². The van der Waals surface area contributed by atoms with Crippen LogP contribution in [-0.2, 0) is 10.0 Å². The van der Waals surface area contributed by atoms with Crippen LogP contribution in [0.3, 0.4) is 0 Å². The van der Waals surface area contributed by atoms with E-state index in [1.807, 2.05) is 6.07 Å². The largest absolute Gasteiger partial charge is 0.496 e. The third-order valence-electron chi connectivity index (χ3n) is 3.70. The molecule has 1 aliphatic heterocycles. The zero-order valence-electron chi connectivity index (χ0n) is 12.5. The van der Waals surface area contributed by atoms with Crippen LogP contribution in [0.5, 0.6) is 5.75 Å². The molecule has 1 unspecified atom stereocenters. The van der Waals surface area contributed by atoms with Gasteiger partial charge in [0.05, 0.1) is 12.7 Å². The van der Waals surface area contributed by atoms with E-state index in [1.54, 1.807) is 23.1 Å². The number of benzene rings is 1. The molecule has 0 bridgehead atoms. The van der Waals surface area contributed by atoms with E-state index in [9.17, 15) is 13.2 Å². The van der Waals surface area contributed by atoms with Crippen molar-refractivity contribution in [2.24, 2.45) is 5.92 Å². The molecule has 120 valence electrons. The Bertz CT molecular complexity index is 657. The highest BCUT2D eigenvalue weighted by atomic mass is 32.2. The molecule has 1 aromatic carbocycles. The average Bonchev–Trinajstić information content (AvgIpc) is 3.01. The van der Waals surface area contributed by atoms with Gasteiger partial charge in [0, 0.05) is 25.0 Å². The van der Waals surface area contributed by atoms with Crippen LogP contribution in [0.1, 0.15) is 16.8 Å². The van der Waals surface area contributed by atoms with Gasteiger partial charge in [0.2, 0.25) is 10.0 Å². The molecule has 1 atom stereocenters. The zero-order chi connectivity index (χ0) is 16.2. The number of nitrogens with zero attached hydrogens (tertiary/aromatic N) is 1. The van der Waals surface area contributed by atoms with Gasteiger partial charge in [0.1, 0.15) is 5.75 Å². The molecule has 2 rings (SSSR count). The van der Waals surface area contributed by atoms with Gasteiger partial charge in [-0.3, -0.25) is 4.79 Å². The minimum atomic E-state index is -3.42. The Labute approximate surface area is 130 Å². The van der Waals surface area contributed by atoms with Crippen molar-refractivity contribution < 1.29 is 17.9 Å². The lowest BCUT2D eigenvalue weighted by molar-refractivity contribution is 0.0784. The van der Waals surface area contributed by atoms with E-state index >= 15 is 0 Å². The second-order valence-electron chi connectivity index (χ2n) is 5.17. The topological polar surface area (TPSA) is 75.7 Å². The summed E-state index contributed by atoms with van der Waals surface area (Å²) < 4.78 is 30.4. The number of rotatable bonds is 6. The lowest BCUT2D eigenvalue weighted by atomic mass is 10.1. The second kappa shape index (κ2) is 6.93. The van der Waals surface area contributed by atoms with Gasteiger partial charge in [-0.05, 0) is 24.5 Å². The first kappa shape index (κ1) is 16.5. The fourth-order valence-corrected chi connectivity index (χ4v) is 3.05. The van der Waals surface area contributed by atoms with Crippen LogP contribution in [0.4, 0.5) is 0 Å². The van der Waals surface area contributed by atoms with Crippen LogP contribution < -0.4 is 9.46 Å². The van der Waals surface area contributed by atoms with E-state index in [4.69, 9.17) is 4.74 Å². The molecule has 1 fully saturated rings. The highest BCUT2D eigenvalue weighted by Crippen LogP contribution is 2.23. The summed E-state index contributed by atoms with van der Waals surface area (Å²) in [4.78, 5) is 14.2. The van der Waals surface area contributed by atoms with Crippen molar-refractivity contribution in [2.45, 2.75) is 6.42 Å². The molecule has 22 heavy (non-hydrogen) atoms. The molecule has 7 heteroatoms. The maximum atomic E-state index is 12.5. The summed E-state index contributed by atoms with van der Waals surface area (Å²) in [5, 5.41) is 0.889. The Balaban J connectivity index is 1.98. The molecular formula is C15H20N2O4S. The van der Waals surface area contributed by atoms with Crippen LogP contribution in [-0.4, -0.2) is 46.0 Å². The van der Waals surface area contributed by atoms with Gasteiger partial charge >= 0.3 is 0 Å². The summed E-state index contributed by atoms with van der Waals surface area (Å²) in [6.45, 7) is 4.69. The van der Waals surface area contributed by atoms with Crippen molar-refractivity contribution >= 4 is 15.9 Å². The number of hydrogen-bond donors (Lipinski definition) is 1. The molecule has 1 saturated heterocycles. The van der Waals surface area contributed by atoms with Gasteiger partial charge < -0.3 is 9.64 Å². The quantitative estimate of drug-likeness (QED) is 0.854. The lowest BCUT2D eigenvalue weighted by Gasteiger charge is -2.18. The minimum Gasteiger partial charge on any atom is -0.496 e. The molecule has 1 N–H and O–H groups in total. The highest BCUT2D eigenvalue weighted by Gasteiger charge is 2.28. The molecule has 0 aliphatic carbocycles. The molecule has 1 aliphatic rings. The summed E-state index contributed by atoms with van der Waals surface area (Å²) in [5.74, 6) is 0.559. The summed E-state index contributed by atoms with van der Waals surface area (Å²) in [6, 6.07) is 7.09.